The Morgan fingerprint density at radius 1 is 1.43 bits per heavy atom. The molecule has 112 valence electrons. The Morgan fingerprint density at radius 2 is 2.19 bits per heavy atom. The molecule has 0 radical (unpaired) electrons. The molecule has 0 bridgehead atoms. The molecule has 0 saturated heterocycles. The van der Waals surface area contributed by atoms with Gasteiger partial charge in [0.25, 0.3) is 0 Å². The van der Waals surface area contributed by atoms with Gasteiger partial charge in [-0.2, -0.15) is 5.10 Å². The van der Waals surface area contributed by atoms with Gasteiger partial charge < -0.3 is 9.47 Å². The molecule has 1 heterocycles. The molecular weight excluding hydrogens is 282 g/mol. The van der Waals surface area contributed by atoms with E-state index in [0.29, 0.717) is 0 Å². The molecular formula is C14H14F2N2O3. The summed E-state index contributed by atoms with van der Waals surface area (Å²) in [6.07, 6.45) is 2.34. The second-order valence-corrected chi connectivity index (χ2v) is 4.41. The maximum absolute atomic E-state index is 13.6. The number of ether oxygens (including phenoxy) is 2. The number of nitrogens with zero attached hydrogens (tertiary/aromatic N) is 2. The highest BCUT2D eigenvalue weighted by atomic mass is 19.1. The molecule has 21 heavy (non-hydrogen) atoms. The van der Waals surface area contributed by atoms with Crippen LogP contribution in [0.15, 0.2) is 30.6 Å². The van der Waals surface area contributed by atoms with E-state index in [0.717, 1.165) is 16.8 Å². The maximum Gasteiger partial charge on any atom is 0.341 e. The van der Waals surface area contributed by atoms with Gasteiger partial charge in [-0.15, -0.1) is 0 Å². The summed E-state index contributed by atoms with van der Waals surface area (Å²) in [4.78, 5) is 11.8. The number of methoxy groups -OCH3 is 1. The Bertz CT molecular complexity index is 643. The topological polar surface area (TPSA) is 53.4 Å². The highest BCUT2D eigenvalue weighted by molar-refractivity contribution is 5.88. The lowest BCUT2D eigenvalue weighted by Crippen LogP contribution is -2.17. The SMILES string of the molecule is CO[C@@H](C)COC(=O)c1cnn(-c2ccc(F)cc2F)c1. The molecule has 0 unspecified atom stereocenters. The molecule has 0 aliphatic heterocycles. The van der Waals surface area contributed by atoms with Crippen LogP contribution in [-0.2, 0) is 9.47 Å². The quantitative estimate of drug-likeness (QED) is 0.795. The van der Waals surface area contributed by atoms with Crippen molar-refractivity contribution in [3.63, 3.8) is 0 Å². The number of esters is 1. The third-order valence-corrected chi connectivity index (χ3v) is 2.83. The number of aromatic nitrogens is 2. The van der Waals surface area contributed by atoms with Crippen LogP contribution in [0.1, 0.15) is 17.3 Å². The van der Waals surface area contributed by atoms with Crippen LogP contribution in [0.4, 0.5) is 8.78 Å². The van der Waals surface area contributed by atoms with Gasteiger partial charge in [-0.05, 0) is 19.1 Å². The van der Waals surface area contributed by atoms with Crippen LogP contribution in [0.2, 0.25) is 0 Å². The number of hydrogen-bond acceptors (Lipinski definition) is 4. The molecule has 0 aliphatic carbocycles. The summed E-state index contributed by atoms with van der Waals surface area (Å²) in [6.45, 7) is 1.86. The highest BCUT2D eigenvalue weighted by Gasteiger charge is 2.14. The van der Waals surface area contributed by atoms with Gasteiger partial charge in [-0.1, -0.05) is 0 Å². The van der Waals surface area contributed by atoms with E-state index in [1.807, 2.05) is 0 Å². The fourth-order valence-corrected chi connectivity index (χ4v) is 1.57. The minimum absolute atomic E-state index is 0.0423. The molecule has 0 aliphatic rings. The van der Waals surface area contributed by atoms with E-state index in [2.05, 4.69) is 5.10 Å². The van der Waals surface area contributed by atoms with Crippen molar-refractivity contribution in [2.24, 2.45) is 0 Å². The average Bonchev–Trinajstić information content (AvgIpc) is 2.93. The number of hydrogen-bond donors (Lipinski definition) is 0. The predicted octanol–water partition coefficient (Wildman–Crippen LogP) is 2.34. The lowest BCUT2D eigenvalue weighted by Gasteiger charge is -2.09. The lowest BCUT2D eigenvalue weighted by molar-refractivity contribution is 0.0169. The van der Waals surface area contributed by atoms with Crippen LogP contribution in [0.25, 0.3) is 5.69 Å². The number of benzene rings is 1. The van der Waals surface area contributed by atoms with Gasteiger partial charge in [-0.3, -0.25) is 0 Å². The minimum Gasteiger partial charge on any atom is -0.459 e. The molecule has 0 saturated carbocycles. The van der Waals surface area contributed by atoms with Crippen molar-refractivity contribution in [3.8, 4) is 5.69 Å². The molecule has 7 heteroatoms. The smallest absolute Gasteiger partial charge is 0.341 e. The van der Waals surface area contributed by atoms with Crippen molar-refractivity contribution in [1.82, 2.24) is 9.78 Å². The summed E-state index contributed by atoms with van der Waals surface area (Å²) < 4.78 is 37.6. The van der Waals surface area contributed by atoms with Gasteiger partial charge in [-0.25, -0.2) is 18.3 Å². The summed E-state index contributed by atoms with van der Waals surface area (Å²) in [5.41, 5.74) is 0.211. The van der Waals surface area contributed by atoms with Crippen LogP contribution in [-0.4, -0.2) is 35.6 Å². The van der Waals surface area contributed by atoms with Crippen molar-refractivity contribution in [3.05, 3.63) is 47.8 Å². The van der Waals surface area contributed by atoms with E-state index in [1.165, 1.54) is 25.6 Å². The molecule has 1 aromatic carbocycles. The van der Waals surface area contributed by atoms with Crippen LogP contribution < -0.4 is 0 Å². The van der Waals surface area contributed by atoms with Crippen molar-refractivity contribution in [1.29, 1.82) is 0 Å². The van der Waals surface area contributed by atoms with Crippen molar-refractivity contribution < 1.29 is 23.0 Å². The van der Waals surface area contributed by atoms with Gasteiger partial charge in [0.2, 0.25) is 0 Å². The lowest BCUT2D eigenvalue weighted by atomic mass is 10.3. The van der Waals surface area contributed by atoms with E-state index in [9.17, 15) is 13.6 Å². The van der Waals surface area contributed by atoms with Gasteiger partial charge in [0.1, 0.15) is 18.1 Å². The first-order valence-corrected chi connectivity index (χ1v) is 6.21. The number of rotatable bonds is 5. The van der Waals surface area contributed by atoms with E-state index in [-0.39, 0.29) is 24.0 Å². The van der Waals surface area contributed by atoms with Gasteiger partial charge in [0, 0.05) is 19.4 Å². The standard InChI is InChI=1S/C14H14F2N2O3/c1-9(20-2)8-21-14(19)10-6-17-18(7-10)13-4-3-11(15)5-12(13)16/h3-7,9H,8H2,1-2H3/t9-/m0/s1. The molecule has 2 aromatic rings. The molecule has 5 nitrogen and oxygen atoms in total. The first-order chi connectivity index (χ1) is 10.0. The first kappa shape index (κ1) is 15.1. The Kier molecular flexibility index (Phi) is 4.64. The summed E-state index contributed by atoms with van der Waals surface area (Å²) in [6, 6.07) is 3.09. The second kappa shape index (κ2) is 6.45. The third-order valence-electron chi connectivity index (χ3n) is 2.83. The van der Waals surface area contributed by atoms with Crippen molar-refractivity contribution in [2.75, 3.05) is 13.7 Å². The summed E-state index contributed by atoms with van der Waals surface area (Å²) in [5.74, 6) is -2.05. The zero-order valence-corrected chi connectivity index (χ0v) is 11.5. The minimum atomic E-state index is -0.772. The fraction of sp³-hybridized carbons (Fsp3) is 0.286. The Labute approximate surface area is 120 Å². The first-order valence-electron chi connectivity index (χ1n) is 6.21. The van der Waals surface area contributed by atoms with Crippen molar-refractivity contribution >= 4 is 5.97 Å². The maximum atomic E-state index is 13.6. The average molecular weight is 296 g/mol. The Hall–Kier alpha value is -2.28. The Balaban J connectivity index is 2.12. The fourth-order valence-electron chi connectivity index (χ4n) is 1.57. The zero-order chi connectivity index (χ0) is 15.4. The molecule has 0 N–H and O–H groups in total. The van der Waals surface area contributed by atoms with E-state index in [1.54, 1.807) is 6.92 Å². The van der Waals surface area contributed by atoms with Crippen LogP contribution in [0.3, 0.4) is 0 Å². The van der Waals surface area contributed by atoms with Gasteiger partial charge in [0.15, 0.2) is 5.82 Å². The van der Waals surface area contributed by atoms with Crippen LogP contribution in [0, 0.1) is 11.6 Å². The van der Waals surface area contributed by atoms with E-state index < -0.39 is 17.6 Å². The largest absolute Gasteiger partial charge is 0.459 e. The van der Waals surface area contributed by atoms with E-state index in [4.69, 9.17) is 9.47 Å². The van der Waals surface area contributed by atoms with Crippen LogP contribution >= 0.6 is 0 Å². The molecule has 2 rings (SSSR count). The molecule has 0 spiro atoms. The summed E-state index contributed by atoms with van der Waals surface area (Å²) in [5, 5.41) is 3.87. The van der Waals surface area contributed by atoms with Crippen molar-refractivity contribution in [2.45, 2.75) is 13.0 Å². The number of halogens is 2. The molecule has 1 atom stereocenters. The molecule has 1 aromatic heterocycles. The van der Waals surface area contributed by atoms with Gasteiger partial charge in [0.05, 0.1) is 17.9 Å². The second-order valence-electron chi connectivity index (χ2n) is 4.41. The summed E-state index contributed by atoms with van der Waals surface area (Å²) in [7, 11) is 1.51. The molecule has 0 amide bonds. The Morgan fingerprint density at radius 3 is 2.86 bits per heavy atom. The van der Waals surface area contributed by atoms with Crippen LogP contribution in [0.5, 0.6) is 0 Å². The number of carbonyl (C=O) groups is 1. The summed E-state index contributed by atoms with van der Waals surface area (Å²) >= 11 is 0. The monoisotopic (exact) mass is 296 g/mol. The van der Waals surface area contributed by atoms with E-state index >= 15 is 0 Å². The molecule has 0 fully saturated rings. The highest BCUT2D eigenvalue weighted by Crippen LogP contribution is 2.15. The van der Waals surface area contributed by atoms with Gasteiger partial charge >= 0.3 is 5.97 Å². The normalized spacial score (nSPS) is 12.2. The zero-order valence-electron chi connectivity index (χ0n) is 11.5. The predicted molar refractivity (Wildman–Crippen MR) is 70.2 cm³/mol. The number of carbonyl (C=O) groups excluding carboxylic acids is 1. The third kappa shape index (κ3) is 3.63.